The normalized spacial score (nSPS) is 11.9. The van der Waals surface area contributed by atoms with Crippen LogP contribution >= 0.6 is 0 Å². The number of benzene rings is 1. The van der Waals surface area contributed by atoms with E-state index in [9.17, 15) is 0 Å². The minimum atomic E-state index is 0.999. The molecule has 4 heteroatoms. The van der Waals surface area contributed by atoms with Gasteiger partial charge in [-0.05, 0) is 25.5 Å². The smallest absolute Gasteiger partial charge is 0.107 e. The lowest BCUT2D eigenvalue weighted by Crippen LogP contribution is -1.92. The number of imidazole rings is 1. The van der Waals surface area contributed by atoms with E-state index >= 15 is 0 Å². The Morgan fingerprint density at radius 1 is 1.19 bits per heavy atom. The average Bonchev–Trinajstić information content (AvgIpc) is 3.08. The highest BCUT2D eigenvalue weighted by Crippen LogP contribution is 2.28. The number of unbranched alkanes of at least 4 members (excludes halogenated alkanes) is 1. The van der Waals surface area contributed by atoms with E-state index in [1.807, 2.05) is 11.4 Å². The van der Waals surface area contributed by atoms with Gasteiger partial charge in [-0.25, -0.2) is 9.50 Å². The molecule has 0 atom stereocenters. The van der Waals surface area contributed by atoms with E-state index in [-0.39, 0.29) is 0 Å². The fourth-order valence-corrected chi connectivity index (χ4v) is 2.98. The van der Waals surface area contributed by atoms with Crippen molar-refractivity contribution in [2.75, 3.05) is 0 Å². The lowest BCUT2D eigenvalue weighted by atomic mass is 10.2. The number of aromatic nitrogens is 4. The van der Waals surface area contributed by atoms with Crippen molar-refractivity contribution in [3.63, 3.8) is 0 Å². The van der Waals surface area contributed by atoms with Crippen LogP contribution in [0.1, 0.15) is 31.3 Å². The summed E-state index contributed by atoms with van der Waals surface area (Å²) in [7, 11) is 0. The van der Waals surface area contributed by atoms with E-state index in [4.69, 9.17) is 4.98 Å². The van der Waals surface area contributed by atoms with Crippen molar-refractivity contribution in [3.8, 4) is 0 Å². The number of nitrogens with zero attached hydrogens (tertiary/aromatic N) is 3. The Morgan fingerprint density at radius 2 is 2.05 bits per heavy atom. The molecule has 0 saturated carbocycles. The van der Waals surface area contributed by atoms with Gasteiger partial charge in [0.05, 0.1) is 22.2 Å². The van der Waals surface area contributed by atoms with Crippen LogP contribution in [0.25, 0.3) is 27.5 Å². The highest BCUT2D eigenvalue weighted by atomic mass is 15.2. The molecule has 3 aromatic heterocycles. The second-order valence-corrected chi connectivity index (χ2v) is 5.61. The summed E-state index contributed by atoms with van der Waals surface area (Å²) in [6.45, 7) is 4.23. The van der Waals surface area contributed by atoms with Gasteiger partial charge in [-0.3, -0.25) is 0 Å². The van der Waals surface area contributed by atoms with E-state index < -0.39 is 0 Å². The zero-order chi connectivity index (χ0) is 14.4. The van der Waals surface area contributed by atoms with Crippen molar-refractivity contribution >= 4 is 27.5 Å². The Balaban J connectivity index is 2.12. The molecule has 0 radical (unpaired) electrons. The van der Waals surface area contributed by atoms with Crippen molar-refractivity contribution < 1.29 is 0 Å². The Labute approximate surface area is 122 Å². The summed E-state index contributed by atoms with van der Waals surface area (Å²) >= 11 is 0. The van der Waals surface area contributed by atoms with Crippen LogP contribution in [-0.4, -0.2) is 19.6 Å². The van der Waals surface area contributed by atoms with Gasteiger partial charge >= 0.3 is 0 Å². The molecule has 106 valence electrons. The van der Waals surface area contributed by atoms with Crippen LogP contribution in [0.3, 0.4) is 0 Å². The number of para-hydroxylation sites is 1. The van der Waals surface area contributed by atoms with Gasteiger partial charge in [-0.2, -0.15) is 5.10 Å². The lowest BCUT2D eigenvalue weighted by molar-refractivity contribution is 0.765. The average molecular weight is 278 g/mol. The first-order valence-electron chi connectivity index (χ1n) is 7.53. The highest BCUT2D eigenvalue weighted by molar-refractivity contribution is 6.08. The first-order valence-corrected chi connectivity index (χ1v) is 7.53. The van der Waals surface area contributed by atoms with Gasteiger partial charge in [0.25, 0.3) is 0 Å². The number of hydrogen-bond acceptors (Lipinski definition) is 2. The van der Waals surface area contributed by atoms with Crippen molar-refractivity contribution in [1.82, 2.24) is 19.6 Å². The lowest BCUT2D eigenvalue weighted by Gasteiger charge is -2.02. The Hall–Kier alpha value is -2.36. The molecule has 0 amide bonds. The van der Waals surface area contributed by atoms with Gasteiger partial charge in [0.1, 0.15) is 11.3 Å². The molecular formula is C17H18N4. The zero-order valence-electron chi connectivity index (χ0n) is 12.3. The molecule has 0 bridgehead atoms. The number of hydrogen-bond donors (Lipinski definition) is 1. The van der Waals surface area contributed by atoms with Crippen molar-refractivity contribution in [2.45, 2.75) is 33.1 Å². The number of fused-ring (bicyclic) bond motifs is 6. The topological polar surface area (TPSA) is 46.0 Å². The van der Waals surface area contributed by atoms with Crippen LogP contribution in [0.5, 0.6) is 0 Å². The molecule has 0 fully saturated rings. The maximum Gasteiger partial charge on any atom is 0.107 e. The van der Waals surface area contributed by atoms with E-state index in [0.29, 0.717) is 0 Å². The third-order valence-corrected chi connectivity index (χ3v) is 4.00. The molecule has 4 aromatic rings. The van der Waals surface area contributed by atoms with Crippen LogP contribution in [0, 0.1) is 6.92 Å². The fourth-order valence-electron chi connectivity index (χ4n) is 2.98. The molecule has 0 aliphatic heterocycles. The second-order valence-electron chi connectivity index (χ2n) is 5.61. The minimum Gasteiger partial charge on any atom is -0.340 e. The molecule has 1 N–H and O–H groups in total. The van der Waals surface area contributed by atoms with Crippen molar-refractivity contribution in [2.24, 2.45) is 0 Å². The SMILES string of the molecule is CCCCc1nc2c3ccccc3n3nc(C)cc3c2[nH]1. The maximum atomic E-state index is 4.84. The summed E-state index contributed by atoms with van der Waals surface area (Å²) in [5.41, 5.74) is 5.40. The van der Waals surface area contributed by atoms with Gasteiger partial charge in [0.2, 0.25) is 0 Å². The monoisotopic (exact) mass is 278 g/mol. The second kappa shape index (κ2) is 4.58. The van der Waals surface area contributed by atoms with Crippen LogP contribution in [0.2, 0.25) is 0 Å². The standard InChI is InChI=1S/C17H18N4/c1-3-4-9-15-18-16-12-7-5-6-8-13(12)21-14(17(16)19-15)10-11(2)20-21/h5-8,10H,3-4,9H2,1-2H3,(H,18,19). The van der Waals surface area contributed by atoms with Gasteiger partial charge < -0.3 is 4.98 Å². The third kappa shape index (κ3) is 1.82. The molecule has 0 spiro atoms. The predicted molar refractivity (Wildman–Crippen MR) is 85.7 cm³/mol. The van der Waals surface area contributed by atoms with Gasteiger partial charge in [-0.1, -0.05) is 31.5 Å². The Morgan fingerprint density at radius 3 is 2.90 bits per heavy atom. The Kier molecular flexibility index (Phi) is 2.70. The molecule has 4 nitrogen and oxygen atoms in total. The number of pyridine rings is 1. The van der Waals surface area contributed by atoms with Crippen LogP contribution in [-0.2, 0) is 6.42 Å². The molecular weight excluding hydrogens is 260 g/mol. The van der Waals surface area contributed by atoms with E-state index in [1.54, 1.807) is 0 Å². The van der Waals surface area contributed by atoms with Crippen LogP contribution in [0.4, 0.5) is 0 Å². The van der Waals surface area contributed by atoms with Crippen LogP contribution in [0.15, 0.2) is 30.3 Å². The molecule has 0 aliphatic rings. The molecule has 1 aromatic carbocycles. The fraction of sp³-hybridized carbons (Fsp3) is 0.294. The van der Waals surface area contributed by atoms with Crippen molar-refractivity contribution in [3.05, 3.63) is 41.9 Å². The summed E-state index contributed by atoms with van der Waals surface area (Å²) in [4.78, 5) is 8.35. The largest absolute Gasteiger partial charge is 0.340 e. The van der Waals surface area contributed by atoms with Gasteiger partial charge in [0.15, 0.2) is 0 Å². The molecule has 0 aliphatic carbocycles. The Bertz CT molecular complexity index is 946. The van der Waals surface area contributed by atoms with E-state index in [1.165, 1.54) is 6.42 Å². The highest BCUT2D eigenvalue weighted by Gasteiger charge is 2.13. The molecule has 4 rings (SSSR count). The number of H-pyrrole nitrogens is 1. The summed E-state index contributed by atoms with van der Waals surface area (Å²) < 4.78 is 2.02. The third-order valence-electron chi connectivity index (χ3n) is 4.00. The summed E-state index contributed by atoms with van der Waals surface area (Å²) in [6.07, 6.45) is 3.34. The van der Waals surface area contributed by atoms with Crippen molar-refractivity contribution in [1.29, 1.82) is 0 Å². The molecule has 21 heavy (non-hydrogen) atoms. The molecule has 0 unspecified atom stereocenters. The summed E-state index contributed by atoms with van der Waals surface area (Å²) in [6, 6.07) is 10.5. The predicted octanol–water partition coefficient (Wildman–Crippen LogP) is 4.01. The van der Waals surface area contributed by atoms with Gasteiger partial charge in [0, 0.05) is 11.8 Å². The van der Waals surface area contributed by atoms with Crippen LogP contribution < -0.4 is 0 Å². The first-order chi connectivity index (χ1) is 10.3. The zero-order valence-corrected chi connectivity index (χ0v) is 12.3. The first kappa shape index (κ1) is 12.4. The number of aryl methyl sites for hydroxylation is 2. The number of aromatic amines is 1. The quantitative estimate of drug-likeness (QED) is 0.615. The summed E-state index contributed by atoms with van der Waals surface area (Å²) in [5, 5.41) is 5.79. The summed E-state index contributed by atoms with van der Waals surface area (Å²) in [5.74, 6) is 1.07. The van der Waals surface area contributed by atoms with Gasteiger partial charge in [-0.15, -0.1) is 0 Å². The maximum absolute atomic E-state index is 4.84. The van der Waals surface area contributed by atoms with E-state index in [0.717, 1.165) is 51.8 Å². The minimum absolute atomic E-state index is 0.999. The number of nitrogens with one attached hydrogen (secondary N) is 1. The molecule has 0 saturated heterocycles. The molecule has 3 heterocycles. The number of rotatable bonds is 3. The van der Waals surface area contributed by atoms with E-state index in [2.05, 4.69) is 47.3 Å².